The highest BCUT2D eigenvalue weighted by molar-refractivity contribution is 5.70. The minimum Gasteiger partial charge on any atom is -0.393 e. The largest absolute Gasteiger partial charge is 0.393 e. The van der Waals surface area contributed by atoms with Crippen molar-refractivity contribution in [2.75, 3.05) is 23.3 Å². The van der Waals surface area contributed by atoms with Crippen molar-refractivity contribution < 1.29 is 5.11 Å². The van der Waals surface area contributed by atoms with Crippen molar-refractivity contribution in [1.29, 1.82) is 0 Å². The highest BCUT2D eigenvalue weighted by Crippen LogP contribution is 2.28. The predicted octanol–water partition coefficient (Wildman–Crippen LogP) is 3.26. The molecule has 1 aliphatic rings. The summed E-state index contributed by atoms with van der Waals surface area (Å²) in [6.45, 7) is 2.67. The summed E-state index contributed by atoms with van der Waals surface area (Å²) in [5, 5.41) is 13.2. The number of piperidine rings is 1. The molecule has 0 aromatic heterocycles. The molecular weight excluding hydrogens is 260 g/mol. The van der Waals surface area contributed by atoms with E-state index in [2.05, 4.69) is 58.7 Å². The molecule has 0 atom stereocenters. The van der Waals surface area contributed by atoms with Gasteiger partial charge in [0.1, 0.15) is 0 Å². The number of anilines is 2. The lowest BCUT2D eigenvalue weighted by Gasteiger charge is -2.33. The van der Waals surface area contributed by atoms with Crippen LogP contribution in [0.1, 0.15) is 18.4 Å². The van der Waals surface area contributed by atoms with Gasteiger partial charge in [0.25, 0.3) is 0 Å². The molecule has 1 saturated heterocycles. The average Bonchev–Trinajstić information content (AvgIpc) is 2.55. The summed E-state index contributed by atoms with van der Waals surface area (Å²) in [7, 11) is 0. The van der Waals surface area contributed by atoms with Crippen molar-refractivity contribution in [3.63, 3.8) is 0 Å². The van der Waals surface area contributed by atoms with Gasteiger partial charge in [0.05, 0.1) is 17.5 Å². The SMILES string of the molecule is OC1CCN(c2ccccc2NCc2ccccc2)CC1. The van der Waals surface area contributed by atoms with E-state index in [1.54, 1.807) is 0 Å². The van der Waals surface area contributed by atoms with Crippen LogP contribution in [-0.4, -0.2) is 24.3 Å². The zero-order chi connectivity index (χ0) is 14.5. The Bertz CT molecular complexity index is 562. The van der Waals surface area contributed by atoms with Crippen LogP contribution in [0.5, 0.6) is 0 Å². The smallest absolute Gasteiger partial charge is 0.0602 e. The first-order chi connectivity index (χ1) is 10.3. The van der Waals surface area contributed by atoms with E-state index in [9.17, 15) is 5.11 Å². The topological polar surface area (TPSA) is 35.5 Å². The van der Waals surface area contributed by atoms with E-state index in [0.717, 1.165) is 38.2 Å². The van der Waals surface area contributed by atoms with Crippen LogP contribution >= 0.6 is 0 Å². The van der Waals surface area contributed by atoms with Gasteiger partial charge in [-0.2, -0.15) is 0 Å². The summed E-state index contributed by atoms with van der Waals surface area (Å²) >= 11 is 0. The van der Waals surface area contributed by atoms with Gasteiger partial charge in [0, 0.05) is 19.6 Å². The number of aliphatic hydroxyl groups is 1. The highest BCUT2D eigenvalue weighted by atomic mass is 16.3. The van der Waals surface area contributed by atoms with E-state index in [4.69, 9.17) is 0 Å². The van der Waals surface area contributed by atoms with Gasteiger partial charge >= 0.3 is 0 Å². The Balaban J connectivity index is 1.70. The first-order valence-electron chi connectivity index (χ1n) is 7.63. The van der Waals surface area contributed by atoms with Crippen molar-refractivity contribution in [3.8, 4) is 0 Å². The molecule has 0 bridgehead atoms. The molecule has 2 N–H and O–H groups in total. The van der Waals surface area contributed by atoms with Crippen LogP contribution in [0.3, 0.4) is 0 Å². The van der Waals surface area contributed by atoms with Crippen molar-refractivity contribution in [2.45, 2.75) is 25.5 Å². The van der Waals surface area contributed by atoms with Gasteiger partial charge in [0.15, 0.2) is 0 Å². The van der Waals surface area contributed by atoms with E-state index in [1.807, 2.05) is 6.07 Å². The maximum absolute atomic E-state index is 9.65. The summed E-state index contributed by atoms with van der Waals surface area (Å²) < 4.78 is 0. The number of benzene rings is 2. The minimum atomic E-state index is -0.134. The molecule has 0 saturated carbocycles. The van der Waals surface area contributed by atoms with Gasteiger partial charge in [-0.05, 0) is 30.5 Å². The van der Waals surface area contributed by atoms with Crippen LogP contribution in [0, 0.1) is 0 Å². The lowest BCUT2D eigenvalue weighted by atomic mass is 10.1. The van der Waals surface area contributed by atoms with Gasteiger partial charge in [-0.1, -0.05) is 42.5 Å². The fourth-order valence-corrected chi connectivity index (χ4v) is 2.80. The Labute approximate surface area is 126 Å². The summed E-state index contributed by atoms with van der Waals surface area (Å²) in [6.07, 6.45) is 1.57. The quantitative estimate of drug-likeness (QED) is 0.903. The van der Waals surface area contributed by atoms with Gasteiger partial charge in [-0.15, -0.1) is 0 Å². The summed E-state index contributed by atoms with van der Waals surface area (Å²) in [4.78, 5) is 2.36. The van der Waals surface area contributed by atoms with E-state index in [1.165, 1.54) is 11.3 Å². The van der Waals surface area contributed by atoms with Gasteiger partial charge in [-0.3, -0.25) is 0 Å². The monoisotopic (exact) mass is 282 g/mol. The molecule has 2 aromatic rings. The summed E-state index contributed by atoms with van der Waals surface area (Å²) in [5.41, 5.74) is 3.68. The number of aliphatic hydroxyl groups excluding tert-OH is 1. The standard InChI is InChI=1S/C18H22N2O/c21-16-10-12-20(13-11-16)18-9-5-4-8-17(18)19-14-15-6-2-1-3-7-15/h1-9,16,19,21H,10-14H2. The van der Waals surface area contributed by atoms with E-state index in [-0.39, 0.29) is 6.10 Å². The van der Waals surface area contributed by atoms with Crippen LogP contribution < -0.4 is 10.2 Å². The van der Waals surface area contributed by atoms with Crippen molar-refractivity contribution >= 4 is 11.4 Å². The van der Waals surface area contributed by atoms with Gasteiger partial charge in [-0.25, -0.2) is 0 Å². The maximum Gasteiger partial charge on any atom is 0.0602 e. The molecule has 1 aliphatic heterocycles. The zero-order valence-corrected chi connectivity index (χ0v) is 12.2. The molecule has 2 aromatic carbocycles. The molecule has 21 heavy (non-hydrogen) atoms. The third kappa shape index (κ3) is 3.56. The van der Waals surface area contributed by atoms with Crippen LogP contribution in [-0.2, 0) is 6.54 Å². The van der Waals surface area contributed by atoms with E-state index >= 15 is 0 Å². The molecular formula is C18H22N2O. The first-order valence-corrected chi connectivity index (χ1v) is 7.63. The second-order valence-electron chi connectivity index (χ2n) is 5.57. The first kappa shape index (κ1) is 14.0. The molecule has 3 rings (SSSR count). The van der Waals surface area contributed by atoms with Gasteiger partial charge < -0.3 is 15.3 Å². The molecule has 110 valence electrons. The molecule has 3 heteroatoms. The molecule has 1 heterocycles. The van der Waals surface area contributed by atoms with Crippen LogP contribution in [0.25, 0.3) is 0 Å². The fourth-order valence-electron chi connectivity index (χ4n) is 2.80. The zero-order valence-electron chi connectivity index (χ0n) is 12.2. The Morgan fingerprint density at radius 3 is 2.38 bits per heavy atom. The Morgan fingerprint density at radius 2 is 1.62 bits per heavy atom. The predicted molar refractivity (Wildman–Crippen MR) is 87.7 cm³/mol. The molecule has 0 aliphatic carbocycles. The molecule has 3 nitrogen and oxygen atoms in total. The van der Waals surface area contributed by atoms with Gasteiger partial charge in [0.2, 0.25) is 0 Å². The second kappa shape index (κ2) is 6.64. The molecule has 1 fully saturated rings. The van der Waals surface area contributed by atoms with Crippen molar-refractivity contribution in [1.82, 2.24) is 0 Å². The number of nitrogens with zero attached hydrogens (tertiary/aromatic N) is 1. The number of hydrogen-bond acceptors (Lipinski definition) is 3. The van der Waals surface area contributed by atoms with Crippen molar-refractivity contribution in [2.24, 2.45) is 0 Å². The van der Waals surface area contributed by atoms with Crippen LogP contribution in [0.2, 0.25) is 0 Å². The molecule has 0 unspecified atom stereocenters. The number of para-hydroxylation sites is 2. The Hall–Kier alpha value is -2.00. The molecule has 0 spiro atoms. The third-order valence-electron chi connectivity index (χ3n) is 4.04. The second-order valence-corrected chi connectivity index (χ2v) is 5.57. The number of nitrogens with one attached hydrogen (secondary N) is 1. The Kier molecular flexibility index (Phi) is 4.41. The average molecular weight is 282 g/mol. The lowest BCUT2D eigenvalue weighted by molar-refractivity contribution is 0.145. The fraction of sp³-hybridized carbons (Fsp3) is 0.333. The van der Waals surface area contributed by atoms with E-state index in [0.29, 0.717) is 0 Å². The maximum atomic E-state index is 9.65. The highest BCUT2D eigenvalue weighted by Gasteiger charge is 2.18. The normalized spacial score (nSPS) is 16.0. The third-order valence-corrected chi connectivity index (χ3v) is 4.04. The lowest BCUT2D eigenvalue weighted by Crippen LogP contribution is -2.36. The van der Waals surface area contributed by atoms with Crippen LogP contribution in [0.15, 0.2) is 54.6 Å². The van der Waals surface area contributed by atoms with Crippen molar-refractivity contribution in [3.05, 3.63) is 60.2 Å². The summed E-state index contributed by atoms with van der Waals surface area (Å²) in [5.74, 6) is 0. The molecule has 0 amide bonds. The number of hydrogen-bond donors (Lipinski definition) is 2. The summed E-state index contributed by atoms with van der Waals surface area (Å²) in [6, 6.07) is 18.9. The molecule has 0 radical (unpaired) electrons. The number of rotatable bonds is 4. The van der Waals surface area contributed by atoms with E-state index < -0.39 is 0 Å². The minimum absolute atomic E-state index is 0.134. The Morgan fingerprint density at radius 1 is 0.952 bits per heavy atom. The van der Waals surface area contributed by atoms with Crippen LogP contribution in [0.4, 0.5) is 11.4 Å².